The minimum absolute atomic E-state index is 0.0378. The number of rotatable bonds is 5. The first-order chi connectivity index (χ1) is 11.2. The number of carbonyl (C=O) groups excluding carboxylic acids is 1. The van der Waals surface area contributed by atoms with E-state index in [1.54, 1.807) is 29.2 Å². The van der Waals surface area contributed by atoms with Crippen LogP contribution in [-0.4, -0.2) is 51.1 Å². The van der Waals surface area contributed by atoms with Crippen molar-refractivity contribution in [2.75, 3.05) is 19.7 Å². The predicted molar refractivity (Wildman–Crippen MR) is 92.1 cm³/mol. The van der Waals surface area contributed by atoms with E-state index in [2.05, 4.69) is 4.72 Å². The molecule has 0 unspecified atom stereocenters. The molecule has 0 aliphatic carbocycles. The fourth-order valence-electron chi connectivity index (χ4n) is 2.64. The van der Waals surface area contributed by atoms with Crippen molar-refractivity contribution in [1.29, 1.82) is 0 Å². The van der Waals surface area contributed by atoms with E-state index in [-0.39, 0.29) is 22.8 Å². The summed E-state index contributed by atoms with van der Waals surface area (Å²) in [7, 11) is -3.75. The van der Waals surface area contributed by atoms with Gasteiger partial charge in [0.2, 0.25) is 15.9 Å². The Hall–Kier alpha value is -1.44. The molecule has 2 atom stereocenters. The fraction of sp³-hybridized carbons (Fsp3) is 0.588. The molecular weight excluding hydrogens is 328 g/mol. The smallest absolute Gasteiger partial charge is 0.241 e. The zero-order valence-electron chi connectivity index (χ0n) is 14.7. The van der Waals surface area contributed by atoms with E-state index in [9.17, 15) is 13.2 Å². The summed E-state index contributed by atoms with van der Waals surface area (Å²) in [5.74, 6) is -0.355. The van der Waals surface area contributed by atoms with Crippen molar-refractivity contribution in [2.45, 2.75) is 44.7 Å². The first kappa shape index (κ1) is 18.9. The van der Waals surface area contributed by atoms with Crippen LogP contribution in [0.5, 0.6) is 0 Å². The van der Waals surface area contributed by atoms with Crippen molar-refractivity contribution in [2.24, 2.45) is 5.92 Å². The number of benzene rings is 1. The molecule has 1 N–H and O–H groups in total. The molecule has 1 heterocycles. The maximum absolute atomic E-state index is 12.8. The third-order valence-corrected chi connectivity index (χ3v) is 5.56. The molecule has 134 valence electrons. The van der Waals surface area contributed by atoms with Crippen LogP contribution in [0.2, 0.25) is 0 Å². The largest absolute Gasteiger partial charge is 0.375 e. The van der Waals surface area contributed by atoms with Crippen LogP contribution in [0.4, 0.5) is 0 Å². The molecule has 0 spiro atoms. The molecule has 6 nitrogen and oxygen atoms in total. The lowest BCUT2D eigenvalue weighted by molar-refractivity contribution is -0.141. The summed E-state index contributed by atoms with van der Waals surface area (Å²) in [5, 5.41) is 0. The highest BCUT2D eigenvalue weighted by Crippen LogP contribution is 2.16. The van der Waals surface area contributed by atoms with Crippen molar-refractivity contribution in [3.8, 4) is 0 Å². The number of nitrogens with zero attached hydrogens (tertiary/aromatic N) is 1. The SMILES string of the molecule is Cc1ccc(S(=O)(=O)N[C@H](C(=O)N2CCO[C@H](C)C2)C(C)C)cc1. The van der Waals surface area contributed by atoms with Crippen molar-refractivity contribution >= 4 is 15.9 Å². The highest BCUT2D eigenvalue weighted by Gasteiger charge is 2.33. The van der Waals surface area contributed by atoms with Gasteiger partial charge < -0.3 is 9.64 Å². The van der Waals surface area contributed by atoms with Crippen LogP contribution in [-0.2, 0) is 19.6 Å². The molecule has 1 aromatic rings. The maximum Gasteiger partial charge on any atom is 0.241 e. The lowest BCUT2D eigenvalue weighted by Crippen LogP contribution is -2.55. The van der Waals surface area contributed by atoms with Gasteiger partial charge in [-0.25, -0.2) is 8.42 Å². The van der Waals surface area contributed by atoms with Crippen molar-refractivity contribution in [3.05, 3.63) is 29.8 Å². The van der Waals surface area contributed by atoms with Crippen LogP contribution in [0.3, 0.4) is 0 Å². The van der Waals surface area contributed by atoms with E-state index in [4.69, 9.17) is 4.74 Å². The summed E-state index contributed by atoms with van der Waals surface area (Å²) in [6.07, 6.45) is -0.0378. The van der Waals surface area contributed by atoms with Gasteiger partial charge in [-0.05, 0) is 31.9 Å². The quantitative estimate of drug-likeness (QED) is 0.870. The molecule has 0 saturated carbocycles. The lowest BCUT2D eigenvalue weighted by Gasteiger charge is -2.34. The first-order valence-electron chi connectivity index (χ1n) is 8.20. The van der Waals surface area contributed by atoms with Gasteiger partial charge in [-0.1, -0.05) is 31.5 Å². The van der Waals surface area contributed by atoms with Gasteiger partial charge in [0.25, 0.3) is 0 Å². The minimum atomic E-state index is -3.75. The summed E-state index contributed by atoms with van der Waals surface area (Å²) in [5.41, 5.74) is 0.979. The summed E-state index contributed by atoms with van der Waals surface area (Å²) in [4.78, 5) is 14.6. The molecule has 1 fully saturated rings. The number of ether oxygens (including phenoxy) is 1. The molecule has 2 rings (SSSR count). The third kappa shape index (κ3) is 4.55. The number of morpholine rings is 1. The second-order valence-electron chi connectivity index (χ2n) is 6.62. The van der Waals surface area contributed by atoms with Crippen LogP contribution in [0, 0.1) is 12.8 Å². The Morgan fingerprint density at radius 3 is 2.46 bits per heavy atom. The number of amides is 1. The van der Waals surface area contributed by atoms with Gasteiger partial charge >= 0.3 is 0 Å². The average molecular weight is 354 g/mol. The van der Waals surface area contributed by atoms with E-state index >= 15 is 0 Å². The van der Waals surface area contributed by atoms with Crippen molar-refractivity contribution in [3.63, 3.8) is 0 Å². The standard InChI is InChI=1S/C17H26N2O4S/c1-12(2)16(17(20)19-9-10-23-14(4)11-19)18-24(21,22)15-7-5-13(3)6-8-15/h5-8,12,14,16,18H,9-11H2,1-4H3/t14-,16+/m1/s1. The monoisotopic (exact) mass is 354 g/mol. The normalized spacial score (nSPS) is 20.2. The molecule has 0 radical (unpaired) electrons. The maximum atomic E-state index is 12.8. The van der Waals surface area contributed by atoms with E-state index in [1.165, 1.54) is 0 Å². The Morgan fingerprint density at radius 1 is 1.29 bits per heavy atom. The zero-order valence-corrected chi connectivity index (χ0v) is 15.5. The van der Waals surface area contributed by atoms with E-state index in [0.717, 1.165) is 5.56 Å². The van der Waals surface area contributed by atoms with Crippen LogP contribution in [0.25, 0.3) is 0 Å². The van der Waals surface area contributed by atoms with Crippen LogP contribution in [0.15, 0.2) is 29.2 Å². The van der Waals surface area contributed by atoms with Gasteiger partial charge in [-0.2, -0.15) is 4.72 Å². The molecule has 1 amide bonds. The summed E-state index contributed by atoms with van der Waals surface area (Å²) in [6.45, 7) is 8.91. The first-order valence-corrected chi connectivity index (χ1v) is 9.68. The molecular formula is C17H26N2O4S. The van der Waals surface area contributed by atoms with Crippen LogP contribution >= 0.6 is 0 Å². The van der Waals surface area contributed by atoms with Gasteiger partial charge in [-0.3, -0.25) is 4.79 Å². The molecule has 1 aliphatic heterocycles. The summed E-state index contributed by atoms with van der Waals surface area (Å²) >= 11 is 0. The second kappa shape index (κ2) is 7.63. The molecule has 0 aromatic heterocycles. The summed E-state index contributed by atoms with van der Waals surface area (Å²) in [6, 6.07) is 5.79. The van der Waals surface area contributed by atoms with Crippen LogP contribution < -0.4 is 4.72 Å². The number of aryl methyl sites for hydroxylation is 1. The molecule has 1 aromatic carbocycles. The van der Waals surface area contributed by atoms with Gasteiger partial charge in [0.05, 0.1) is 17.6 Å². The number of hydrogen-bond acceptors (Lipinski definition) is 4. The molecule has 0 bridgehead atoms. The zero-order chi connectivity index (χ0) is 17.9. The molecule has 1 saturated heterocycles. The van der Waals surface area contributed by atoms with E-state index in [0.29, 0.717) is 19.7 Å². The van der Waals surface area contributed by atoms with Crippen molar-refractivity contribution in [1.82, 2.24) is 9.62 Å². The average Bonchev–Trinajstić information content (AvgIpc) is 2.52. The highest BCUT2D eigenvalue weighted by atomic mass is 32.2. The topological polar surface area (TPSA) is 75.7 Å². The number of carbonyl (C=O) groups is 1. The minimum Gasteiger partial charge on any atom is -0.375 e. The number of nitrogens with one attached hydrogen (secondary N) is 1. The number of hydrogen-bond donors (Lipinski definition) is 1. The molecule has 7 heteroatoms. The lowest BCUT2D eigenvalue weighted by atomic mass is 10.0. The molecule has 24 heavy (non-hydrogen) atoms. The van der Waals surface area contributed by atoms with Crippen LogP contribution in [0.1, 0.15) is 26.3 Å². The molecule has 1 aliphatic rings. The Labute approximate surface area is 144 Å². The fourth-order valence-corrected chi connectivity index (χ4v) is 3.98. The second-order valence-corrected chi connectivity index (χ2v) is 8.34. The third-order valence-electron chi connectivity index (χ3n) is 4.10. The Morgan fingerprint density at radius 2 is 1.92 bits per heavy atom. The van der Waals surface area contributed by atoms with E-state index in [1.807, 2.05) is 27.7 Å². The van der Waals surface area contributed by atoms with Gasteiger partial charge in [0.15, 0.2) is 0 Å². The highest BCUT2D eigenvalue weighted by molar-refractivity contribution is 7.89. The van der Waals surface area contributed by atoms with Gasteiger partial charge in [0.1, 0.15) is 6.04 Å². The van der Waals surface area contributed by atoms with Gasteiger partial charge in [0, 0.05) is 13.1 Å². The number of sulfonamides is 1. The van der Waals surface area contributed by atoms with Crippen molar-refractivity contribution < 1.29 is 17.9 Å². The predicted octanol–water partition coefficient (Wildman–Crippen LogP) is 1.55. The van der Waals surface area contributed by atoms with Gasteiger partial charge in [-0.15, -0.1) is 0 Å². The Bertz CT molecular complexity index is 670. The van der Waals surface area contributed by atoms with E-state index < -0.39 is 16.1 Å². The Balaban J connectivity index is 2.18. The summed E-state index contributed by atoms with van der Waals surface area (Å²) < 4.78 is 33.2. The Kier molecular flexibility index (Phi) is 6.01.